The van der Waals surface area contributed by atoms with Crippen molar-refractivity contribution in [3.05, 3.63) is 116 Å². The molecule has 0 radical (unpaired) electrons. The highest BCUT2D eigenvalue weighted by Gasteiger charge is 2.19. The summed E-state index contributed by atoms with van der Waals surface area (Å²) in [5, 5.41) is 12.8. The van der Waals surface area contributed by atoms with Crippen LogP contribution in [0.25, 0.3) is 17.3 Å². The molecule has 0 spiro atoms. The van der Waals surface area contributed by atoms with Crippen LogP contribution in [0.5, 0.6) is 0 Å². The van der Waals surface area contributed by atoms with Gasteiger partial charge in [0.05, 0.1) is 16.3 Å². The third kappa shape index (κ3) is 4.81. The lowest BCUT2D eigenvalue weighted by molar-refractivity contribution is -0.116. The molecule has 0 aliphatic heterocycles. The van der Waals surface area contributed by atoms with Gasteiger partial charge in [0, 0.05) is 12.4 Å². The van der Waals surface area contributed by atoms with E-state index >= 15 is 0 Å². The molecular weight excluding hydrogens is 432 g/mol. The minimum absolute atomic E-state index is 0.113. The fourth-order valence-corrected chi connectivity index (χ4v) is 4.46. The monoisotopic (exact) mass is 452 g/mol. The van der Waals surface area contributed by atoms with E-state index in [1.54, 1.807) is 54.9 Å². The molecule has 1 N–H and O–H groups in total. The van der Waals surface area contributed by atoms with Gasteiger partial charge in [-0.3, -0.25) is 19.1 Å². The van der Waals surface area contributed by atoms with Crippen molar-refractivity contribution in [3.8, 4) is 11.8 Å². The molecule has 0 saturated carbocycles. The van der Waals surface area contributed by atoms with Crippen molar-refractivity contribution in [1.82, 2.24) is 14.9 Å². The molecule has 162 valence electrons. The van der Waals surface area contributed by atoms with Gasteiger partial charge in [0.15, 0.2) is 5.57 Å². The van der Waals surface area contributed by atoms with Crippen molar-refractivity contribution in [2.45, 2.75) is 13.0 Å². The Balaban J connectivity index is 1.89. The predicted molar refractivity (Wildman–Crippen MR) is 129 cm³/mol. The smallest absolute Gasteiger partial charge is 0.273 e. The summed E-state index contributed by atoms with van der Waals surface area (Å²) in [5.74, 6) is -0.532. The molecule has 4 aromatic rings. The van der Waals surface area contributed by atoms with E-state index in [1.165, 1.54) is 4.57 Å². The van der Waals surface area contributed by atoms with Crippen LogP contribution < -0.4 is 20.1 Å². The number of rotatable bonds is 5. The van der Waals surface area contributed by atoms with E-state index in [4.69, 9.17) is 0 Å². The standard InChI is InChI=1S/C26H20N4O2S/c1-18(20-8-4-2-5-9-20)29-24(31)22(17-27)26-30(21-10-6-3-7-11-21)25(32)23(33-26)16-19-12-14-28-15-13-19/h2-16,18H,1H3,(H,29,31)/b23-16+,26-22+/t18-/m0/s1. The minimum atomic E-state index is -0.532. The predicted octanol–water partition coefficient (Wildman–Crippen LogP) is 2.67. The van der Waals surface area contributed by atoms with Gasteiger partial charge in [-0.15, -0.1) is 11.3 Å². The van der Waals surface area contributed by atoms with Crippen LogP contribution in [-0.2, 0) is 4.79 Å². The molecule has 0 unspecified atom stereocenters. The highest BCUT2D eigenvalue weighted by atomic mass is 32.1. The molecule has 2 aromatic carbocycles. The zero-order chi connectivity index (χ0) is 23.2. The van der Waals surface area contributed by atoms with E-state index in [-0.39, 0.29) is 21.8 Å². The number of pyridine rings is 1. The molecule has 2 aromatic heterocycles. The molecule has 2 heterocycles. The van der Waals surface area contributed by atoms with Crippen molar-refractivity contribution >= 4 is 28.9 Å². The number of thiazole rings is 1. The van der Waals surface area contributed by atoms with Gasteiger partial charge in [-0.2, -0.15) is 5.26 Å². The van der Waals surface area contributed by atoms with E-state index in [0.29, 0.717) is 10.2 Å². The van der Waals surface area contributed by atoms with Crippen LogP contribution in [0.3, 0.4) is 0 Å². The molecule has 4 rings (SSSR count). The molecule has 6 nitrogen and oxygen atoms in total. The van der Waals surface area contributed by atoms with Crippen molar-refractivity contribution < 1.29 is 4.79 Å². The highest BCUT2D eigenvalue weighted by Crippen LogP contribution is 2.12. The Bertz CT molecular complexity index is 1490. The van der Waals surface area contributed by atoms with Crippen molar-refractivity contribution in [2.24, 2.45) is 0 Å². The van der Waals surface area contributed by atoms with E-state index in [0.717, 1.165) is 22.5 Å². The Morgan fingerprint density at radius 2 is 1.70 bits per heavy atom. The Hall–Kier alpha value is -4.28. The molecule has 1 atom stereocenters. The Morgan fingerprint density at radius 3 is 2.33 bits per heavy atom. The molecule has 1 amide bonds. The number of nitrogens with zero attached hydrogens (tertiary/aromatic N) is 3. The second-order valence-electron chi connectivity index (χ2n) is 7.27. The first kappa shape index (κ1) is 21.9. The average Bonchev–Trinajstić information content (AvgIpc) is 3.16. The Morgan fingerprint density at radius 1 is 1.06 bits per heavy atom. The van der Waals surface area contributed by atoms with E-state index < -0.39 is 5.91 Å². The number of carbonyl (C=O) groups excluding carboxylic acids is 1. The lowest BCUT2D eigenvalue weighted by Gasteiger charge is -2.13. The number of amides is 1. The van der Waals surface area contributed by atoms with Gasteiger partial charge in [0.2, 0.25) is 0 Å². The van der Waals surface area contributed by atoms with Crippen LogP contribution in [0.15, 0.2) is 90.0 Å². The van der Waals surface area contributed by atoms with Gasteiger partial charge in [-0.05, 0) is 48.4 Å². The second kappa shape index (κ2) is 9.90. The molecule has 0 aliphatic rings. The lowest BCUT2D eigenvalue weighted by atomic mass is 10.1. The van der Waals surface area contributed by atoms with Crippen molar-refractivity contribution in [2.75, 3.05) is 0 Å². The normalized spacial score (nSPS) is 13.2. The molecule has 0 saturated heterocycles. The van der Waals surface area contributed by atoms with Gasteiger partial charge >= 0.3 is 0 Å². The summed E-state index contributed by atoms with van der Waals surface area (Å²) < 4.78 is 2.12. The number of para-hydroxylation sites is 1. The number of hydrogen-bond donors (Lipinski definition) is 1. The van der Waals surface area contributed by atoms with Crippen LogP contribution in [-0.4, -0.2) is 15.5 Å². The molecule has 0 fully saturated rings. The van der Waals surface area contributed by atoms with Crippen LogP contribution in [0.2, 0.25) is 0 Å². The number of nitriles is 1. The maximum absolute atomic E-state index is 13.4. The van der Waals surface area contributed by atoms with Gasteiger partial charge in [0.25, 0.3) is 11.5 Å². The maximum atomic E-state index is 13.4. The van der Waals surface area contributed by atoms with Crippen LogP contribution in [0.4, 0.5) is 0 Å². The fourth-order valence-electron chi connectivity index (χ4n) is 3.36. The van der Waals surface area contributed by atoms with E-state index in [2.05, 4.69) is 10.3 Å². The number of hydrogen-bond acceptors (Lipinski definition) is 5. The third-order valence-corrected chi connectivity index (χ3v) is 6.13. The maximum Gasteiger partial charge on any atom is 0.273 e. The largest absolute Gasteiger partial charge is 0.345 e. The van der Waals surface area contributed by atoms with Crippen molar-refractivity contribution in [1.29, 1.82) is 5.26 Å². The number of benzene rings is 2. The topological polar surface area (TPSA) is 87.8 Å². The minimum Gasteiger partial charge on any atom is -0.345 e. The number of carbonyl (C=O) groups is 1. The average molecular weight is 453 g/mol. The van der Waals surface area contributed by atoms with Gasteiger partial charge in [-0.1, -0.05) is 48.5 Å². The molecule has 0 bridgehead atoms. The van der Waals surface area contributed by atoms with E-state index in [1.807, 2.05) is 49.4 Å². The summed E-state index contributed by atoms with van der Waals surface area (Å²) in [6.45, 7) is 1.85. The summed E-state index contributed by atoms with van der Waals surface area (Å²) in [7, 11) is 0. The first-order chi connectivity index (χ1) is 16.1. The number of aromatic nitrogens is 2. The Labute approximate surface area is 194 Å². The van der Waals surface area contributed by atoms with Gasteiger partial charge in [-0.25, -0.2) is 0 Å². The van der Waals surface area contributed by atoms with Crippen molar-refractivity contribution in [3.63, 3.8) is 0 Å². The second-order valence-corrected chi connectivity index (χ2v) is 8.30. The fraction of sp³-hybridized carbons (Fsp3) is 0.0769. The molecule has 33 heavy (non-hydrogen) atoms. The van der Waals surface area contributed by atoms with Crippen LogP contribution in [0.1, 0.15) is 24.1 Å². The summed E-state index contributed by atoms with van der Waals surface area (Å²) in [6.07, 6.45) is 5.01. The SMILES string of the molecule is C[C@H](NC(=O)/C(C#N)=c1/s/c(=C/c2ccncc2)c(=O)n1-c1ccccc1)c1ccccc1. The molecule has 0 aliphatic carbocycles. The quantitative estimate of drug-likeness (QED) is 0.504. The molecule has 7 heteroatoms. The first-order valence-electron chi connectivity index (χ1n) is 10.3. The summed E-state index contributed by atoms with van der Waals surface area (Å²) >= 11 is 1.11. The number of nitrogens with one attached hydrogen (secondary N) is 1. The third-order valence-electron chi connectivity index (χ3n) is 5.04. The highest BCUT2D eigenvalue weighted by molar-refractivity contribution is 7.07. The Kier molecular flexibility index (Phi) is 6.58. The van der Waals surface area contributed by atoms with Crippen LogP contribution in [0, 0.1) is 11.3 Å². The lowest BCUT2D eigenvalue weighted by Crippen LogP contribution is -2.34. The van der Waals surface area contributed by atoms with Gasteiger partial charge in [0.1, 0.15) is 10.7 Å². The van der Waals surface area contributed by atoms with E-state index in [9.17, 15) is 14.9 Å². The summed E-state index contributed by atoms with van der Waals surface area (Å²) in [6, 6.07) is 23.8. The zero-order valence-corrected chi connectivity index (χ0v) is 18.6. The van der Waals surface area contributed by atoms with Crippen LogP contribution >= 0.6 is 11.3 Å². The molecular formula is C26H20N4O2S. The zero-order valence-electron chi connectivity index (χ0n) is 17.8. The summed E-state index contributed by atoms with van der Waals surface area (Å²) in [5.41, 5.74) is 1.89. The van der Waals surface area contributed by atoms with Gasteiger partial charge < -0.3 is 5.32 Å². The first-order valence-corrected chi connectivity index (χ1v) is 11.1. The summed E-state index contributed by atoms with van der Waals surface area (Å²) in [4.78, 5) is 30.5.